The van der Waals surface area contributed by atoms with Crippen LogP contribution in [0.3, 0.4) is 0 Å². The molecule has 0 bridgehead atoms. The molecule has 0 radical (unpaired) electrons. The summed E-state index contributed by atoms with van der Waals surface area (Å²) >= 11 is 0. The quantitative estimate of drug-likeness (QED) is 0.737. The number of likely N-dealkylation sites (tertiary alicyclic amines) is 1. The highest BCUT2D eigenvalue weighted by Gasteiger charge is 2.35. The van der Waals surface area contributed by atoms with Gasteiger partial charge in [0.1, 0.15) is 5.76 Å². The number of sulfonamides is 1. The molecule has 9 heteroatoms. The average molecular weight is 446 g/mol. The van der Waals surface area contributed by atoms with Crippen molar-refractivity contribution in [1.82, 2.24) is 9.21 Å². The number of carbonyl (C=O) groups is 2. The standard InChI is InChI=1S/C22H27N3O5S/c1-16-4-2-10-25(13-16)31(28,29)20-8-6-18(7-9-20)23-22(27)17-12-21(26)24(14-17)15-19-5-3-11-30-19/h3,5-9,11,16-17H,2,4,10,12-15H2,1H3,(H,23,27). The first-order chi connectivity index (χ1) is 14.8. The number of hydrogen-bond acceptors (Lipinski definition) is 5. The van der Waals surface area contributed by atoms with Crippen LogP contribution >= 0.6 is 0 Å². The minimum atomic E-state index is -3.53. The molecule has 2 aliphatic rings. The van der Waals surface area contributed by atoms with E-state index in [4.69, 9.17) is 4.42 Å². The first-order valence-corrected chi connectivity index (χ1v) is 12.0. The Morgan fingerprint density at radius 3 is 2.65 bits per heavy atom. The van der Waals surface area contributed by atoms with E-state index in [1.54, 1.807) is 35.4 Å². The molecule has 4 rings (SSSR count). The van der Waals surface area contributed by atoms with Crippen LogP contribution in [0.4, 0.5) is 5.69 Å². The maximum atomic E-state index is 12.9. The molecule has 8 nitrogen and oxygen atoms in total. The molecule has 2 amide bonds. The summed E-state index contributed by atoms with van der Waals surface area (Å²) in [5.74, 6) is 0.225. The van der Waals surface area contributed by atoms with Gasteiger partial charge in [-0.15, -0.1) is 0 Å². The van der Waals surface area contributed by atoms with Crippen molar-refractivity contribution < 1.29 is 22.4 Å². The van der Waals surface area contributed by atoms with Gasteiger partial charge in [-0.1, -0.05) is 6.92 Å². The van der Waals surface area contributed by atoms with Crippen LogP contribution in [0.5, 0.6) is 0 Å². The lowest BCUT2D eigenvalue weighted by atomic mass is 10.0. The number of amides is 2. The van der Waals surface area contributed by atoms with Crippen molar-refractivity contribution >= 4 is 27.5 Å². The van der Waals surface area contributed by atoms with Crippen molar-refractivity contribution in [3.05, 3.63) is 48.4 Å². The first-order valence-electron chi connectivity index (χ1n) is 10.5. The Morgan fingerprint density at radius 2 is 1.97 bits per heavy atom. The maximum absolute atomic E-state index is 12.9. The Morgan fingerprint density at radius 1 is 1.19 bits per heavy atom. The molecule has 2 saturated heterocycles. The normalized spacial score (nSPS) is 22.6. The Balaban J connectivity index is 1.36. The topological polar surface area (TPSA) is 99.9 Å². The summed E-state index contributed by atoms with van der Waals surface area (Å²) in [4.78, 5) is 26.7. The summed E-state index contributed by atoms with van der Waals surface area (Å²) in [6.07, 6.45) is 3.60. The zero-order valence-corrected chi connectivity index (χ0v) is 18.3. The number of piperidine rings is 1. The van der Waals surface area contributed by atoms with Gasteiger partial charge in [-0.05, 0) is 55.2 Å². The van der Waals surface area contributed by atoms with Gasteiger partial charge in [-0.25, -0.2) is 8.42 Å². The number of rotatable bonds is 6. The van der Waals surface area contributed by atoms with Gasteiger partial charge in [0.15, 0.2) is 0 Å². The summed E-state index contributed by atoms with van der Waals surface area (Å²) in [5.41, 5.74) is 0.507. The van der Waals surface area contributed by atoms with Gasteiger partial charge in [0, 0.05) is 31.7 Å². The zero-order chi connectivity index (χ0) is 22.0. The number of benzene rings is 1. The second-order valence-electron chi connectivity index (χ2n) is 8.38. The lowest BCUT2D eigenvalue weighted by molar-refractivity contribution is -0.128. The monoisotopic (exact) mass is 445 g/mol. The lowest BCUT2D eigenvalue weighted by Gasteiger charge is -2.30. The van der Waals surface area contributed by atoms with Gasteiger partial charge < -0.3 is 14.6 Å². The molecule has 1 aromatic carbocycles. The van der Waals surface area contributed by atoms with E-state index in [0.29, 0.717) is 43.5 Å². The predicted molar refractivity (Wildman–Crippen MR) is 114 cm³/mol. The minimum Gasteiger partial charge on any atom is -0.467 e. The third kappa shape index (κ3) is 4.83. The minimum absolute atomic E-state index is 0.0891. The molecule has 2 fully saturated rings. The van der Waals surface area contributed by atoms with E-state index in [1.165, 1.54) is 16.4 Å². The molecule has 166 valence electrons. The van der Waals surface area contributed by atoms with E-state index in [1.807, 2.05) is 0 Å². The Hall–Kier alpha value is -2.65. The van der Waals surface area contributed by atoms with E-state index >= 15 is 0 Å². The van der Waals surface area contributed by atoms with Crippen molar-refractivity contribution in [3.8, 4) is 0 Å². The maximum Gasteiger partial charge on any atom is 0.243 e. The fraction of sp³-hybridized carbons (Fsp3) is 0.455. The second-order valence-corrected chi connectivity index (χ2v) is 10.3. The van der Waals surface area contributed by atoms with Crippen molar-refractivity contribution in [1.29, 1.82) is 0 Å². The molecular weight excluding hydrogens is 418 g/mol. The fourth-order valence-electron chi connectivity index (χ4n) is 4.16. The number of furan rings is 1. The van der Waals surface area contributed by atoms with Crippen LogP contribution in [0.15, 0.2) is 52.0 Å². The highest BCUT2D eigenvalue weighted by atomic mass is 32.2. The Kier molecular flexibility index (Phi) is 6.15. The molecule has 1 aromatic heterocycles. The molecule has 2 aromatic rings. The summed E-state index contributed by atoms with van der Waals surface area (Å²) in [5, 5.41) is 2.80. The van der Waals surface area contributed by atoms with Crippen LogP contribution in [0.1, 0.15) is 31.9 Å². The summed E-state index contributed by atoms with van der Waals surface area (Å²) in [6.45, 7) is 3.80. The molecule has 1 N–H and O–H groups in total. The van der Waals surface area contributed by atoms with Gasteiger partial charge >= 0.3 is 0 Å². The third-order valence-corrected chi connectivity index (χ3v) is 7.77. The molecule has 0 saturated carbocycles. The van der Waals surface area contributed by atoms with Crippen molar-refractivity contribution in [2.24, 2.45) is 11.8 Å². The van der Waals surface area contributed by atoms with Gasteiger partial charge in [0.05, 0.1) is 23.6 Å². The van der Waals surface area contributed by atoms with Crippen LogP contribution in [0.2, 0.25) is 0 Å². The molecule has 3 heterocycles. The van der Waals surface area contributed by atoms with Gasteiger partial charge in [0.25, 0.3) is 0 Å². The summed E-state index contributed by atoms with van der Waals surface area (Å²) < 4.78 is 32.5. The number of hydrogen-bond donors (Lipinski definition) is 1. The van der Waals surface area contributed by atoms with E-state index in [0.717, 1.165) is 12.8 Å². The number of carbonyl (C=O) groups excluding carboxylic acids is 2. The van der Waals surface area contributed by atoms with Gasteiger partial charge in [0.2, 0.25) is 21.8 Å². The van der Waals surface area contributed by atoms with Gasteiger partial charge in [-0.2, -0.15) is 4.31 Å². The van der Waals surface area contributed by atoms with Crippen LogP contribution in [0, 0.1) is 11.8 Å². The molecular formula is C22H27N3O5S. The average Bonchev–Trinajstić information content (AvgIpc) is 3.39. The number of nitrogens with one attached hydrogen (secondary N) is 1. The summed E-state index contributed by atoms with van der Waals surface area (Å²) in [7, 11) is -3.53. The molecule has 31 heavy (non-hydrogen) atoms. The van der Waals surface area contributed by atoms with Crippen LogP contribution in [0.25, 0.3) is 0 Å². The molecule has 2 aliphatic heterocycles. The largest absolute Gasteiger partial charge is 0.467 e. The number of anilines is 1. The fourth-order valence-corrected chi connectivity index (χ4v) is 5.76. The molecule has 2 unspecified atom stereocenters. The smallest absolute Gasteiger partial charge is 0.243 e. The van der Waals surface area contributed by atoms with E-state index in [2.05, 4.69) is 12.2 Å². The molecule has 0 aliphatic carbocycles. The van der Waals surface area contributed by atoms with Crippen LogP contribution in [-0.4, -0.2) is 49.1 Å². The van der Waals surface area contributed by atoms with E-state index in [-0.39, 0.29) is 23.1 Å². The number of nitrogens with zero attached hydrogens (tertiary/aromatic N) is 2. The van der Waals surface area contributed by atoms with Crippen LogP contribution < -0.4 is 5.32 Å². The lowest BCUT2D eigenvalue weighted by Crippen LogP contribution is -2.39. The molecule has 2 atom stereocenters. The molecule has 0 spiro atoms. The summed E-state index contributed by atoms with van der Waals surface area (Å²) in [6, 6.07) is 9.78. The third-order valence-electron chi connectivity index (χ3n) is 5.89. The van der Waals surface area contributed by atoms with Crippen molar-refractivity contribution in [3.63, 3.8) is 0 Å². The zero-order valence-electron chi connectivity index (χ0n) is 17.5. The highest BCUT2D eigenvalue weighted by molar-refractivity contribution is 7.89. The second kappa shape index (κ2) is 8.84. The predicted octanol–water partition coefficient (Wildman–Crippen LogP) is 2.69. The van der Waals surface area contributed by atoms with Crippen molar-refractivity contribution in [2.75, 3.05) is 25.0 Å². The Labute approximate surface area is 182 Å². The first kappa shape index (κ1) is 21.6. The van der Waals surface area contributed by atoms with E-state index in [9.17, 15) is 18.0 Å². The Bertz CT molecular complexity index is 1030. The van der Waals surface area contributed by atoms with Gasteiger partial charge in [-0.3, -0.25) is 9.59 Å². The SMILES string of the molecule is CC1CCCN(S(=O)(=O)c2ccc(NC(=O)C3CC(=O)N(Cc4ccco4)C3)cc2)C1. The van der Waals surface area contributed by atoms with Crippen LogP contribution in [-0.2, 0) is 26.2 Å². The van der Waals surface area contributed by atoms with Crippen molar-refractivity contribution in [2.45, 2.75) is 37.6 Å². The van der Waals surface area contributed by atoms with E-state index < -0.39 is 15.9 Å². The highest BCUT2D eigenvalue weighted by Crippen LogP contribution is 2.25.